The molecule has 1 heterocycles. The smallest absolute Gasteiger partial charge is 0.234 e. The van der Waals surface area contributed by atoms with E-state index in [1.54, 1.807) is 6.20 Å². The van der Waals surface area contributed by atoms with Crippen LogP contribution in [-0.2, 0) is 4.74 Å². The second kappa shape index (κ2) is 4.04. The average Bonchev–Trinajstić information content (AvgIpc) is 2.29. The van der Waals surface area contributed by atoms with Gasteiger partial charge in [0.25, 0.3) is 0 Å². The van der Waals surface area contributed by atoms with Gasteiger partial charge in [-0.1, -0.05) is 12.1 Å². The fourth-order valence-corrected chi connectivity index (χ4v) is 1.28. The maximum Gasteiger partial charge on any atom is 0.234 e. The molecule has 0 amide bonds. The summed E-state index contributed by atoms with van der Waals surface area (Å²) in [5, 5.41) is 7.58. The number of ether oxygens (including phenoxy) is 1. The first kappa shape index (κ1) is 9.58. The summed E-state index contributed by atoms with van der Waals surface area (Å²) in [6, 6.07) is 7.55. The van der Waals surface area contributed by atoms with Crippen LogP contribution >= 0.6 is 0 Å². The average molecular weight is 201 g/mol. The summed E-state index contributed by atoms with van der Waals surface area (Å²) < 4.78 is 5.06. The molecule has 0 aliphatic carbocycles. The Kier molecular flexibility index (Phi) is 2.58. The molecule has 2 rings (SSSR count). The number of fused-ring (bicyclic) bond motifs is 1. The quantitative estimate of drug-likeness (QED) is 0.597. The van der Waals surface area contributed by atoms with Crippen LogP contribution in [-0.4, -0.2) is 22.5 Å². The van der Waals surface area contributed by atoms with Gasteiger partial charge in [0.15, 0.2) is 0 Å². The van der Waals surface area contributed by atoms with E-state index in [0.29, 0.717) is 12.3 Å². The minimum Gasteiger partial charge on any atom is -0.477 e. The van der Waals surface area contributed by atoms with Gasteiger partial charge in [0.1, 0.15) is 5.69 Å². The van der Waals surface area contributed by atoms with E-state index in [1.165, 1.54) is 0 Å². The molecule has 0 saturated heterocycles. The van der Waals surface area contributed by atoms with Gasteiger partial charge in [-0.25, -0.2) is 4.98 Å². The van der Waals surface area contributed by atoms with Crippen molar-refractivity contribution in [2.75, 3.05) is 6.61 Å². The van der Waals surface area contributed by atoms with Crippen molar-refractivity contribution < 1.29 is 4.74 Å². The number of benzene rings is 1. The van der Waals surface area contributed by atoms with Gasteiger partial charge in [0.05, 0.1) is 23.8 Å². The SMILES string of the molecule is CCOC(=N)c1cnc2ccccc2n1. The van der Waals surface area contributed by atoms with E-state index < -0.39 is 0 Å². The molecule has 15 heavy (non-hydrogen) atoms. The second-order valence-corrected chi connectivity index (χ2v) is 3.01. The third-order valence-electron chi connectivity index (χ3n) is 1.97. The van der Waals surface area contributed by atoms with Crippen molar-refractivity contribution in [1.29, 1.82) is 5.41 Å². The van der Waals surface area contributed by atoms with Crippen LogP contribution in [0.4, 0.5) is 0 Å². The van der Waals surface area contributed by atoms with Crippen LogP contribution in [0.25, 0.3) is 11.0 Å². The van der Waals surface area contributed by atoms with Crippen molar-refractivity contribution >= 4 is 16.9 Å². The van der Waals surface area contributed by atoms with E-state index >= 15 is 0 Å². The van der Waals surface area contributed by atoms with E-state index in [-0.39, 0.29) is 5.90 Å². The highest BCUT2D eigenvalue weighted by atomic mass is 16.5. The van der Waals surface area contributed by atoms with Crippen LogP contribution < -0.4 is 0 Å². The lowest BCUT2D eigenvalue weighted by Gasteiger charge is -2.04. The molecular formula is C11H11N3O. The Bertz CT molecular complexity index is 496. The Hall–Kier alpha value is -1.97. The zero-order chi connectivity index (χ0) is 10.7. The van der Waals surface area contributed by atoms with Crippen LogP contribution in [0.1, 0.15) is 12.6 Å². The van der Waals surface area contributed by atoms with Crippen LogP contribution in [0.15, 0.2) is 30.5 Å². The maximum absolute atomic E-state index is 7.58. The summed E-state index contributed by atoms with van der Waals surface area (Å²) in [7, 11) is 0. The van der Waals surface area contributed by atoms with Gasteiger partial charge in [-0.2, -0.15) is 0 Å². The lowest BCUT2D eigenvalue weighted by atomic mass is 10.3. The maximum atomic E-state index is 7.58. The van der Waals surface area contributed by atoms with E-state index in [1.807, 2.05) is 31.2 Å². The molecular weight excluding hydrogens is 190 g/mol. The number of para-hydroxylation sites is 2. The van der Waals surface area contributed by atoms with Crippen LogP contribution in [0.5, 0.6) is 0 Å². The lowest BCUT2D eigenvalue weighted by Crippen LogP contribution is -2.07. The van der Waals surface area contributed by atoms with E-state index in [4.69, 9.17) is 10.1 Å². The summed E-state index contributed by atoms with van der Waals surface area (Å²) in [4.78, 5) is 8.48. The third kappa shape index (κ3) is 1.93. The summed E-state index contributed by atoms with van der Waals surface area (Å²) >= 11 is 0. The van der Waals surface area contributed by atoms with Crippen molar-refractivity contribution in [2.24, 2.45) is 0 Å². The zero-order valence-electron chi connectivity index (χ0n) is 8.40. The molecule has 0 atom stereocenters. The minimum absolute atomic E-state index is 0.0655. The van der Waals surface area contributed by atoms with Gasteiger partial charge in [0, 0.05) is 0 Å². The molecule has 2 aromatic rings. The van der Waals surface area contributed by atoms with Crippen LogP contribution in [0.2, 0.25) is 0 Å². The monoisotopic (exact) mass is 201 g/mol. The molecule has 1 aromatic carbocycles. The van der Waals surface area contributed by atoms with Gasteiger partial charge >= 0.3 is 0 Å². The third-order valence-corrected chi connectivity index (χ3v) is 1.97. The molecule has 1 N–H and O–H groups in total. The highest BCUT2D eigenvalue weighted by molar-refractivity contribution is 5.91. The van der Waals surface area contributed by atoms with Crippen LogP contribution in [0, 0.1) is 5.41 Å². The molecule has 0 radical (unpaired) electrons. The fraction of sp³-hybridized carbons (Fsp3) is 0.182. The Morgan fingerprint density at radius 1 is 1.33 bits per heavy atom. The van der Waals surface area contributed by atoms with Crippen LogP contribution in [0.3, 0.4) is 0 Å². The normalized spacial score (nSPS) is 10.2. The van der Waals surface area contributed by atoms with Crippen molar-refractivity contribution in [3.63, 3.8) is 0 Å². The van der Waals surface area contributed by atoms with Crippen molar-refractivity contribution in [1.82, 2.24) is 9.97 Å². The topological polar surface area (TPSA) is 58.9 Å². The molecule has 4 nitrogen and oxygen atoms in total. The van der Waals surface area contributed by atoms with E-state index in [2.05, 4.69) is 9.97 Å². The molecule has 0 spiro atoms. The van der Waals surface area contributed by atoms with Crippen molar-refractivity contribution in [3.8, 4) is 0 Å². The highest BCUT2D eigenvalue weighted by Crippen LogP contribution is 2.08. The molecule has 4 heteroatoms. The molecule has 0 bridgehead atoms. The highest BCUT2D eigenvalue weighted by Gasteiger charge is 2.05. The Morgan fingerprint density at radius 3 is 2.80 bits per heavy atom. The van der Waals surface area contributed by atoms with E-state index in [0.717, 1.165) is 11.0 Å². The first-order valence-electron chi connectivity index (χ1n) is 4.74. The Balaban J connectivity index is 2.42. The lowest BCUT2D eigenvalue weighted by molar-refractivity contribution is 0.324. The summed E-state index contributed by atoms with van der Waals surface area (Å²) in [6.07, 6.45) is 1.56. The predicted octanol–water partition coefficient (Wildman–Crippen LogP) is 1.99. The first-order valence-corrected chi connectivity index (χ1v) is 4.74. The minimum atomic E-state index is 0.0655. The number of nitrogens with one attached hydrogen (secondary N) is 1. The molecule has 0 aliphatic rings. The van der Waals surface area contributed by atoms with Crippen molar-refractivity contribution in [2.45, 2.75) is 6.92 Å². The Morgan fingerprint density at radius 2 is 2.07 bits per heavy atom. The second-order valence-electron chi connectivity index (χ2n) is 3.01. The van der Waals surface area contributed by atoms with Gasteiger partial charge in [-0.3, -0.25) is 10.4 Å². The molecule has 0 saturated carbocycles. The first-order chi connectivity index (χ1) is 7.31. The number of hydrogen-bond donors (Lipinski definition) is 1. The molecule has 1 aromatic heterocycles. The standard InChI is InChI=1S/C11H11N3O/c1-2-15-11(12)10-7-13-8-5-3-4-6-9(8)14-10/h3-7,12H,2H2,1H3. The number of nitrogens with zero attached hydrogens (tertiary/aromatic N) is 2. The zero-order valence-corrected chi connectivity index (χ0v) is 8.40. The van der Waals surface area contributed by atoms with Gasteiger partial charge < -0.3 is 4.74 Å². The van der Waals surface area contributed by atoms with E-state index in [9.17, 15) is 0 Å². The number of aromatic nitrogens is 2. The largest absolute Gasteiger partial charge is 0.477 e. The predicted molar refractivity (Wildman–Crippen MR) is 58.0 cm³/mol. The fourth-order valence-electron chi connectivity index (χ4n) is 1.28. The van der Waals surface area contributed by atoms with Gasteiger partial charge in [-0.05, 0) is 19.1 Å². The summed E-state index contributed by atoms with van der Waals surface area (Å²) in [6.45, 7) is 2.30. The number of hydrogen-bond acceptors (Lipinski definition) is 4. The summed E-state index contributed by atoms with van der Waals surface area (Å²) in [5.74, 6) is 0.0655. The molecule has 0 unspecified atom stereocenters. The molecule has 0 aliphatic heterocycles. The molecule has 0 fully saturated rings. The summed E-state index contributed by atoms with van der Waals surface area (Å²) in [5.41, 5.74) is 2.07. The van der Waals surface area contributed by atoms with Gasteiger partial charge in [-0.15, -0.1) is 0 Å². The Labute approximate surface area is 87.4 Å². The number of rotatable bonds is 2. The van der Waals surface area contributed by atoms with Gasteiger partial charge in [0.2, 0.25) is 5.90 Å². The van der Waals surface area contributed by atoms with Crippen molar-refractivity contribution in [3.05, 3.63) is 36.2 Å². The molecule has 76 valence electrons.